The van der Waals surface area contributed by atoms with E-state index >= 15 is 0 Å². The summed E-state index contributed by atoms with van der Waals surface area (Å²) >= 11 is 0. The molecule has 1 heterocycles. The lowest BCUT2D eigenvalue weighted by Crippen LogP contribution is -2.28. The van der Waals surface area contributed by atoms with Crippen molar-refractivity contribution in [1.29, 1.82) is 0 Å². The molecular formula is C18H18N2O5. The molecule has 2 amide bonds. The Morgan fingerprint density at radius 3 is 2.08 bits per heavy atom. The number of fused-ring (bicyclic) bond motifs is 5. The van der Waals surface area contributed by atoms with Crippen molar-refractivity contribution in [1.82, 2.24) is 5.01 Å². The predicted octanol–water partition coefficient (Wildman–Crippen LogP) is 1.55. The fraction of sp³-hybridized carbons (Fsp3) is 0.389. The number of rotatable bonds is 4. The number of carbonyl (C=O) groups is 2. The fourth-order valence-electron chi connectivity index (χ4n) is 4.11. The zero-order chi connectivity index (χ0) is 17.7. The maximum atomic E-state index is 12.6. The van der Waals surface area contributed by atoms with Crippen LogP contribution in [-0.2, 0) is 9.59 Å². The van der Waals surface area contributed by atoms with E-state index in [1.165, 1.54) is 20.4 Å². The van der Waals surface area contributed by atoms with Gasteiger partial charge >= 0.3 is 0 Å². The van der Waals surface area contributed by atoms with Gasteiger partial charge in [0.1, 0.15) is 0 Å². The van der Waals surface area contributed by atoms with Crippen LogP contribution >= 0.6 is 0 Å². The number of benzene rings is 1. The molecule has 4 rings (SSSR count). The highest BCUT2D eigenvalue weighted by molar-refractivity contribution is 6.06. The van der Waals surface area contributed by atoms with Gasteiger partial charge in [-0.25, -0.2) is 0 Å². The van der Waals surface area contributed by atoms with E-state index in [1.54, 1.807) is 12.1 Å². The molecule has 4 atom stereocenters. The molecule has 130 valence electrons. The van der Waals surface area contributed by atoms with Gasteiger partial charge in [-0.2, -0.15) is 10.1 Å². The van der Waals surface area contributed by atoms with Crippen molar-refractivity contribution in [3.8, 4) is 17.2 Å². The average Bonchev–Trinajstić information content (AvgIpc) is 3.29. The number of ether oxygens (including phenoxy) is 2. The number of nitrogens with zero attached hydrogens (tertiary/aromatic N) is 2. The Hall–Kier alpha value is -2.83. The molecule has 1 N–H and O–H groups in total. The first kappa shape index (κ1) is 15.7. The maximum absolute atomic E-state index is 12.6. The number of hydrogen-bond acceptors (Lipinski definition) is 6. The number of phenolic OH excluding ortho intramolecular Hbond substituents is 1. The number of phenols is 1. The maximum Gasteiger partial charge on any atom is 0.254 e. The largest absolute Gasteiger partial charge is 0.502 e. The summed E-state index contributed by atoms with van der Waals surface area (Å²) in [6, 6.07) is 3.11. The van der Waals surface area contributed by atoms with E-state index in [4.69, 9.17) is 9.47 Å². The van der Waals surface area contributed by atoms with Gasteiger partial charge in [-0.1, -0.05) is 12.2 Å². The quantitative estimate of drug-likeness (QED) is 0.509. The van der Waals surface area contributed by atoms with Crippen LogP contribution in [-0.4, -0.2) is 42.4 Å². The van der Waals surface area contributed by atoms with Crippen LogP contribution in [0.25, 0.3) is 0 Å². The molecule has 1 saturated heterocycles. The number of methoxy groups -OCH3 is 2. The molecular weight excluding hydrogens is 324 g/mol. The Bertz CT molecular complexity index is 761. The van der Waals surface area contributed by atoms with Gasteiger partial charge in [0.05, 0.1) is 32.3 Å². The summed E-state index contributed by atoms with van der Waals surface area (Å²) in [6.45, 7) is 0. The Morgan fingerprint density at radius 2 is 1.60 bits per heavy atom. The average molecular weight is 342 g/mol. The third kappa shape index (κ3) is 2.22. The van der Waals surface area contributed by atoms with E-state index < -0.39 is 0 Å². The second-order valence-corrected chi connectivity index (χ2v) is 6.51. The van der Waals surface area contributed by atoms with Gasteiger partial charge in [-0.3, -0.25) is 9.59 Å². The Balaban J connectivity index is 1.61. The van der Waals surface area contributed by atoms with Crippen LogP contribution in [0.2, 0.25) is 0 Å². The van der Waals surface area contributed by atoms with Gasteiger partial charge in [0.2, 0.25) is 5.75 Å². The Morgan fingerprint density at radius 1 is 1.08 bits per heavy atom. The van der Waals surface area contributed by atoms with Crippen molar-refractivity contribution in [2.75, 3.05) is 14.2 Å². The standard InChI is InChI=1S/C18H18N2O5/c1-24-12-5-9(6-13(25-2)16(12)21)8-19-20-17(22)14-10-3-4-11(7-10)15(14)18(20)23/h3-6,8,10-11,14-15,21H,7H2,1-2H3. The molecule has 2 fully saturated rings. The molecule has 25 heavy (non-hydrogen) atoms. The highest BCUT2D eigenvalue weighted by atomic mass is 16.5. The Labute approximate surface area is 144 Å². The smallest absolute Gasteiger partial charge is 0.254 e. The second kappa shape index (κ2) is 5.61. The van der Waals surface area contributed by atoms with Gasteiger partial charge in [-0.15, -0.1) is 0 Å². The van der Waals surface area contributed by atoms with Crippen molar-refractivity contribution in [3.05, 3.63) is 29.8 Å². The lowest BCUT2D eigenvalue weighted by molar-refractivity contribution is -0.140. The normalized spacial score (nSPS) is 29.8. The van der Waals surface area contributed by atoms with Crippen molar-refractivity contribution in [2.24, 2.45) is 28.8 Å². The zero-order valence-electron chi connectivity index (χ0n) is 13.9. The third-order valence-electron chi connectivity index (χ3n) is 5.27. The summed E-state index contributed by atoms with van der Waals surface area (Å²) in [4.78, 5) is 25.2. The highest BCUT2D eigenvalue weighted by Crippen LogP contribution is 2.52. The summed E-state index contributed by atoms with van der Waals surface area (Å²) in [5.41, 5.74) is 0.547. The zero-order valence-corrected chi connectivity index (χ0v) is 13.9. The number of carbonyl (C=O) groups excluding carboxylic acids is 2. The van der Waals surface area contributed by atoms with E-state index in [1.807, 2.05) is 12.2 Å². The third-order valence-corrected chi connectivity index (χ3v) is 5.27. The SMILES string of the molecule is COc1cc(C=NN2C(=O)C3C4C=CC(C4)C3C2=O)cc(OC)c1O. The van der Waals surface area contributed by atoms with Crippen LogP contribution in [0, 0.1) is 23.7 Å². The second-order valence-electron chi connectivity index (χ2n) is 6.51. The number of imide groups is 1. The molecule has 7 heteroatoms. The minimum atomic E-state index is -0.274. The monoisotopic (exact) mass is 342 g/mol. The van der Waals surface area contributed by atoms with Crippen LogP contribution < -0.4 is 9.47 Å². The minimum Gasteiger partial charge on any atom is -0.502 e. The molecule has 3 aliphatic rings. The van der Waals surface area contributed by atoms with Crippen LogP contribution in [0.15, 0.2) is 29.4 Å². The van der Waals surface area contributed by atoms with Crippen molar-refractivity contribution in [2.45, 2.75) is 6.42 Å². The van der Waals surface area contributed by atoms with Gasteiger partial charge < -0.3 is 14.6 Å². The number of hydrazone groups is 1. The first-order chi connectivity index (χ1) is 12.0. The molecule has 0 spiro atoms. The molecule has 1 aliphatic heterocycles. The predicted molar refractivity (Wildman–Crippen MR) is 88.4 cm³/mol. The van der Waals surface area contributed by atoms with E-state index in [0.717, 1.165) is 11.4 Å². The van der Waals surface area contributed by atoms with Gasteiger partial charge in [-0.05, 0) is 30.4 Å². The summed E-state index contributed by atoms with van der Waals surface area (Å²) in [7, 11) is 2.85. The first-order valence-electron chi connectivity index (χ1n) is 8.10. The van der Waals surface area contributed by atoms with Crippen molar-refractivity contribution in [3.63, 3.8) is 0 Å². The van der Waals surface area contributed by atoms with E-state index in [-0.39, 0.29) is 52.7 Å². The molecule has 2 bridgehead atoms. The fourth-order valence-corrected chi connectivity index (χ4v) is 4.11. The van der Waals surface area contributed by atoms with E-state index in [0.29, 0.717) is 5.56 Å². The van der Waals surface area contributed by atoms with E-state index in [9.17, 15) is 14.7 Å². The summed E-state index contributed by atoms with van der Waals surface area (Å²) in [5.74, 6) is -0.389. The van der Waals surface area contributed by atoms with Gasteiger partial charge in [0.25, 0.3) is 11.8 Å². The summed E-state index contributed by atoms with van der Waals surface area (Å²) < 4.78 is 10.2. The van der Waals surface area contributed by atoms with Crippen molar-refractivity contribution >= 4 is 18.0 Å². The molecule has 7 nitrogen and oxygen atoms in total. The number of aromatic hydroxyl groups is 1. The first-order valence-corrected chi connectivity index (χ1v) is 8.10. The van der Waals surface area contributed by atoms with Crippen molar-refractivity contribution < 1.29 is 24.2 Å². The number of allylic oxidation sites excluding steroid dienone is 2. The summed E-state index contributed by atoms with van der Waals surface area (Å²) in [6.07, 6.45) is 6.37. The van der Waals surface area contributed by atoms with Crippen LogP contribution in [0.5, 0.6) is 17.2 Å². The number of amides is 2. The lowest BCUT2D eigenvalue weighted by atomic mass is 9.85. The summed E-state index contributed by atoms with van der Waals surface area (Å²) in [5, 5.41) is 15.0. The Kier molecular flexibility index (Phi) is 3.52. The van der Waals surface area contributed by atoms with Gasteiger partial charge in [0.15, 0.2) is 11.5 Å². The molecule has 1 aromatic carbocycles. The van der Waals surface area contributed by atoms with Crippen LogP contribution in [0.4, 0.5) is 0 Å². The molecule has 4 unspecified atom stereocenters. The highest BCUT2D eigenvalue weighted by Gasteiger charge is 2.59. The van der Waals surface area contributed by atoms with Crippen LogP contribution in [0.3, 0.4) is 0 Å². The molecule has 0 radical (unpaired) electrons. The number of hydrogen-bond donors (Lipinski definition) is 1. The molecule has 2 aliphatic carbocycles. The van der Waals surface area contributed by atoms with Crippen LogP contribution in [0.1, 0.15) is 12.0 Å². The van der Waals surface area contributed by atoms with Gasteiger partial charge in [0, 0.05) is 5.56 Å². The molecule has 1 aromatic rings. The minimum absolute atomic E-state index is 0.118. The lowest BCUT2D eigenvalue weighted by Gasteiger charge is -2.13. The van der Waals surface area contributed by atoms with E-state index in [2.05, 4.69) is 5.10 Å². The topological polar surface area (TPSA) is 88.4 Å². The molecule has 0 aromatic heterocycles. The molecule has 1 saturated carbocycles.